The summed E-state index contributed by atoms with van der Waals surface area (Å²) >= 11 is 0. The fourth-order valence-electron chi connectivity index (χ4n) is 3.66. The Morgan fingerprint density at radius 3 is 1.73 bits per heavy atom. The Labute approximate surface area is 209 Å². The molecule has 0 amide bonds. The van der Waals surface area contributed by atoms with Gasteiger partial charge in [0.2, 0.25) is 0 Å². The monoisotopic (exact) mass is 516 g/mol. The molecular weight excluding hydrogens is 492 g/mol. The van der Waals surface area contributed by atoms with Gasteiger partial charge in [0.05, 0.1) is 6.10 Å². The van der Waals surface area contributed by atoms with Crippen molar-refractivity contribution in [2.24, 2.45) is 0 Å². The molecule has 3 rings (SSSR count). The molecule has 2 aromatic rings. The second-order valence-corrected chi connectivity index (χ2v) is 8.35. The highest BCUT2D eigenvalue weighted by molar-refractivity contribution is 5.88. The van der Waals surface area contributed by atoms with Crippen molar-refractivity contribution in [3.05, 3.63) is 59.7 Å². The third-order valence-electron chi connectivity index (χ3n) is 5.57. The summed E-state index contributed by atoms with van der Waals surface area (Å²) in [6, 6.07) is 7.50. The number of rotatable bonds is 7. The van der Waals surface area contributed by atoms with Crippen LogP contribution in [0.25, 0.3) is 12.2 Å². The minimum absolute atomic E-state index is 0.311. The number of hydrogen-bond donors (Lipinski definition) is 7. The standard InChI is InChI=1S/C25H24O12/c26-15-5-1-13(9-17(15)28)3-7-21(31)36-20-12-25(35,24(33)34)11-19(30)23(20)37-22(32)8-4-14-2-6-16(27)18(29)10-14/h1-10,19-20,23,26-30,35H,11-12H2,(H,33,34)/b7-3+,8-4+/t19-,20-,23-,25?/m1/s1. The number of aliphatic hydroxyl groups excluding tert-OH is 1. The highest BCUT2D eigenvalue weighted by Gasteiger charge is 2.52. The highest BCUT2D eigenvalue weighted by Crippen LogP contribution is 2.33. The minimum Gasteiger partial charge on any atom is -0.504 e. The zero-order valence-electron chi connectivity index (χ0n) is 19.1. The number of ether oxygens (including phenoxy) is 2. The summed E-state index contributed by atoms with van der Waals surface area (Å²) in [6.07, 6.45) is -1.86. The van der Waals surface area contributed by atoms with Gasteiger partial charge in [0.1, 0.15) is 6.10 Å². The highest BCUT2D eigenvalue weighted by atomic mass is 16.6. The van der Waals surface area contributed by atoms with Crippen LogP contribution in [0, 0.1) is 0 Å². The molecule has 12 nitrogen and oxygen atoms in total. The van der Waals surface area contributed by atoms with Crippen molar-refractivity contribution >= 4 is 30.1 Å². The van der Waals surface area contributed by atoms with Crippen molar-refractivity contribution in [3.8, 4) is 23.0 Å². The Morgan fingerprint density at radius 2 is 1.27 bits per heavy atom. The number of benzene rings is 2. The van der Waals surface area contributed by atoms with E-state index in [-0.39, 0.29) is 11.5 Å². The molecule has 0 bridgehead atoms. The quantitative estimate of drug-likeness (QED) is 0.156. The van der Waals surface area contributed by atoms with Crippen molar-refractivity contribution in [3.63, 3.8) is 0 Å². The Kier molecular flexibility index (Phi) is 8.05. The first kappa shape index (κ1) is 27.0. The molecular formula is C25H24O12. The van der Waals surface area contributed by atoms with E-state index in [0.29, 0.717) is 11.1 Å². The number of hydrogen-bond acceptors (Lipinski definition) is 11. The van der Waals surface area contributed by atoms with Gasteiger partial charge in [0.15, 0.2) is 34.7 Å². The van der Waals surface area contributed by atoms with Crippen LogP contribution < -0.4 is 0 Å². The van der Waals surface area contributed by atoms with Crippen LogP contribution in [0.4, 0.5) is 0 Å². The molecule has 7 N–H and O–H groups in total. The number of carbonyl (C=O) groups excluding carboxylic acids is 2. The molecule has 0 aromatic heterocycles. The van der Waals surface area contributed by atoms with Gasteiger partial charge in [0.25, 0.3) is 0 Å². The summed E-state index contributed by atoms with van der Waals surface area (Å²) in [7, 11) is 0. The second-order valence-electron chi connectivity index (χ2n) is 8.35. The van der Waals surface area contributed by atoms with E-state index in [2.05, 4.69) is 0 Å². The molecule has 2 aromatic carbocycles. The number of phenolic OH excluding ortho intramolecular Hbond substituents is 4. The summed E-state index contributed by atoms with van der Waals surface area (Å²) in [6.45, 7) is 0. The van der Waals surface area contributed by atoms with Crippen molar-refractivity contribution < 1.29 is 59.6 Å². The van der Waals surface area contributed by atoms with Crippen molar-refractivity contribution in [1.29, 1.82) is 0 Å². The van der Waals surface area contributed by atoms with E-state index in [4.69, 9.17) is 9.47 Å². The Bertz CT molecular complexity index is 1250. The van der Waals surface area contributed by atoms with Gasteiger partial charge in [-0.25, -0.2) is 14.4 Å². The molecule has 12 heteroatoms. The third kappa shape index (κ3) is 6.78. The lowest BCUT2D eigenvalue weighted by atomic mass is 9.79. The van der Waals surface area contributed by atoms with Crippen LogP contribution in [-0.4, -0.2) is 77.6 Å². The SMILES string of the molecule is O=C(/C=C/c1ccc(O)c(O)c1)O[C@@H]1[C@H](O)CC(O)(C(=O)O)C[C@H]1OC(=O)/C=C/c1ccc(O)c(O)c1. The van der Waals surface area contributed by atoms with E-state index in [1.807, 2.05) is 0 Å². The molecule has 1 aliphatic rings. The van der Waals surface area contributed by atoms with Crippen molar-refractivity contribution in [2.75, 3.05) is 0 Å². The molecule has 1 fully saturated rings. The van der Waals surface area contributed by atoms with Crippen LogP contribution in [0.3, 0.4) is 0 Å². The molecule has 1 unspecified atom stereocenters. The normalized spacial score (nSPS) is 23.7. The van der Waals surface area contributed by atoms with Crippen LogP contribution >= 0.6 is 0 Å². The number of esters is 2. The van der Waals surface area contributed by atoms with E-state index in [1.165, 1.54) is 42.5 Å². The lowest BCUT2D eigenvalue weighted by Crippen LogP contribution is -2.58. The van der Waals surface area contributed by atoms with E-state index < -0.39 is 66.2 Å². The maximum Gasteiger partial charge on any atom is 0.335 e. The molecule has 4 atom stereocenters. The average Bonchev–Trinajstić information content (AvgIpc) is 2.82. The van der Waals surface area contributed by atoms with Gasteiger partial charge in [-0.05, 0) is 47.5 Å². The number of phenols is 4. The molecule has 196 valence electrons. The second kappa shape index (κ2) is 11.0. The lowest BCUT2D eigenvalue weighted by Gasteiger charge is -2.40. The number of aliphatic hydroxyl groups is 2. The van der Waals surface area contributed by atoms with Gasteiger partial charge in [-0.15, -0.1) is 0 Å². The van der Waals surface area contributed by atoms with Crippen molar-refractivity contribution in [2.45, 2.75) is 36.8 Å². The molecule has 37 heavy (non-hydrogen) atoms. The molecule has 0 aliphatic heterocycles. The number of aliphatic carboxylic acids is 1. The lowest BCUT2D eigenvalue weighted by molar-refractivity contribution is -0.204. The fraction of sp³-hybridized carbons (Fsp3) is 0.240. The van der Waals surface area contributed by atoms with Gasteiger partial charge in [-0.3, -0.25) is 0 Å². The van der Waals surface area contributed by atoms with Gasteiger partial charge < -0.3 is 45.2 Å². The van der Waals surface area contributed by atoms with Gasteiger partial charge in [-0.2, -0.15) is 0 Å². The number of aromatic hydroxyl groups is 4. The molecule has 1 aliphatic carbocycles. The summed E-state index contributed by atoms with van der Waals surface area (Å²) in [5, 5.41) is 68.0. The van der Waals surface area contributed by atoms with Crippen LogP contribution in [-0.2, 0) is 23.9 Å². The first-order valence-corrected chi connectivity index (χ1v) is 10.8. The number of carboxylic acid groups (broad SMARTS) is 1. The predicted octanol–water partition coefficient (Wildman–Crippen LogP) is 1.03. The van der Waals surface area contributed by atoms with Crippen LogP contribution in [0.2, 0.25) is 0 Å². The van der Waals surface area contributed by atoms with Gasteiger partial charge in [-0.1, -0.05) is 12.1 Å². The van der Waals surface area contributed by atoms with E-state index in [0.717, 1.165) is 18.2 Å². The first-order chi connectivity index (χ1) is 17.4. The molecule has 1 saturated carbocycles. The van der Waals surface area contributed by atoms with E-state index in [9.17, 15) is 50.1 Å². The maximum absolute atomic E-state index is 12.4. The average molecular weight is 516 g/mol. The summed E-state index contributed by atoms with van der Waals surface area (Å²) < 4.78 is 10.4. The van der Waals surface area contributed by atoms with Gasteiger partial charge in [0, 0.05) is 25.0 Å². The van der Waals surface area contributed by atoms with E-state index in [1.54, 1.807) is 0 Å². The molecule has 0 heterocycles. The fourth-order valence-corrected chi connectivity index (χ4v) is 3.66. The zero-order chi connectivity index (χ0) is 27.3. The first-order valence-electron chi connectivity index (χ1n) is 10.8. The predicted molar refractivity (Wildman–Crippen MR) is 125 cm³/mol. The molecule has 0 radical (unpaired) electrons. The van der Waals surface area contributed by atoms with Gasteiger partial charge >= 0.3 is 17.9 Å². The van der Waals surface area contributed by atoms with Crippen molar-refractivity contribution in [1.82, 2.24) is 0 Å². The third-order valence-corrected chi connectivity index (χ3v) is 5.57. The van der Waals surface area contributed by atoms with Crippen LogP contribution in [0.15, 0.2) is 48.6 Å². The molecule has 0 saturated heterocycles. The Balaban J connectivity index is 1.75. The zero-order valence-corrected chi connectivity index (χ0v) is 19.1. The largest absolute Gasteiger partial charge is 0.504 e. The minimum atomic E-state index is -2.46. The maximum atomic E-state index is 12.4. The topological polar surface area (TPSA) is 211 Å². The number of carbonyl (C=O) groups is 3. The molecule has 0 spiro atoms. The Hall–Kier alpha value is -4.55. The van der Waals surface area contributed by atoms with Crippen LogP contribution in [0.5, 0.6) is 23.0 Å². The summed E-state index contributed by atoms with van der Waals surface area (Å²) in [5.41, 5.74) is -1.82. The smallest absolute Gasteiger partial charge is 0.335 e. The summed E-state index contributed by atoms with van der Waals surface area (Å²) in [5.74, 6) is -5.29. The van der Waals surface area contributed by atoms with Crippen LogP contribution in [0.1, 0.15) is 24.0 Å². The Morgan fingerprint density at radius 1 is 0.784 bits per heavy atom. The number of carboxylic acids is 1. The van der Waals surface area contributed by atoms with E-state index >= 15 is 0 Å². The summed E-state index contributed by atoms with van der Waals surface area (Å²) in [4.78, 5) is 36.3.